The Morgan fingerprint density at radius 3 is 2.45 bits per heavy atom. The van der Waals surface area contributed by atoms with Gasteiger partial charge >= 0.3 is 5.97 Å². The van der Waals surface area contributed by atoms with Gasteiger partial charge in [0, 0.05) is 5.92 Å². The first-order valence-electron chi connectivity index (χ1n) is 6.37. The molecule has 0 radical (unpaired) electrons. The predicted octanol–water partition coefficient (Wildman–Crippen LogP) is 1.90. The summed E-state index contributed by atoms with van der Waals surface area (Å²) in [6, 6.07) is 4.14. The van der Waals surface area contributed by atoms with Crippen LogP contribution >= 0.6 is 0 Å². The number of carboxylic acids is 1. The lowest BCUT2D eigenvalue weighted by molar-refractivity contribution is -0.120. The lowest BCUT2D eigenvalue weighted by Crippen LogP contribution is -2.25. The van der Waals surface area contributed by atoms with Gasteiger partial charge in [-0.2, -0.15) is 0 Å². The number of aromatic carboxylic acids is 1. The van der Waals surface area contributed by atoms with Gasteiger partial charge in [0.25, 0.3) is 0 Å². The highest BCUT2D eigenvalue weighted by molar-refractivity contribution is 5.93. The maximum atomic E-state index is 11.5. The molecule has 1 heterocycles. The number of amides is 1. The summed E-state index contributed by atoms with van der Waals surface area (Å²) in [5.74, 6) is -0.643. The molecule has 0 spiro atoms. The van der Waals surface area contributed by atoms with E-state index in [-0.39, 0.29) is 11.5 Å². The molecule has 0 aliphatic heterocycles. The minimum atomic E-state index is -1.00. The van der Waals surface area contributed by atoms with Gasteiger partial charge in [-0.25, -0.2) is 9.78 Å². The zero-order valence-corrected chi connectivity index (χ0v) is 11.6. The van der Waals surface area contributed by atoms with Gasteiger partial charge in [-0.15, -0.1) is 0 Å². The van der Waals surface area contributed by atoms with Crippen LogP contribution in [-0.2, 0) is 4.79 Å². The first-order valence-corrected chi connectivity index (χ1v) is 6.37. The summed E-state index contributed by atoms with van der Waals surface area (Å²) in [6.07, 6.45) is 0. The predicted molar refractivity (Wildman–Crippen MR) is 74.7 cm³/mol. The fraction of sp³-hybridized carbons (Fsp3) is 0.357. The molecule has 0 saturated heterocycles. The van der Waals surface area contributed by atoms with Gasteiger partial charge in [0.15, 0.2) is 0 Å². The van der Waals surface area contributed by atoms with Gasteiger partial charge in [0.1, 0.15) is 11.9 Å². The molecule has 6 nitrogen and oxygen atoms in total. The van der Waals surface area contributed by atoms with E-state index in [0.29, 0.717) is 16.9 Å². The monoisotopic (exact) mass is 275 g/mol. The van der Waals surface area contributed by atoms with Gasteiger partial charge in [-0.1, -0.05) is 13.8 Å². The molecule has 106 valence electrons. The van der Waals surface area contributed by atoms with E-state index < -0.39 is 17.9 Å². The average molecular weight is 275 g/mol. The molecule has 1 aromatic carbocycles. The van der Waals surface area contributed by atoms with E-state index in [1.165, 1.54) is 12.1 Å². The highest BCUT2D eigenvalue weighted by Gasteiger charge is 2.21. The van der Waals surface area contributed by atoms with E-state index in [9.17, 15) is 9.59 Å². The summed E-state index contributed by atoms with van der Waals surface area (Å²) in [5.41, 5.74) is 6.82. The SMILES string of the molecule is CC(C)c1nc2cc(C(=O)O)ccc2n1C(C)C(N)=O. The van der Waals surface area contributed by atoms with Crippen molar-refractivity contribution in [2.24, 2.45) is 5.73 Å². The number of imidazole rings is 1. The molecule has 0 bridgehead atoms. The summed E-state index contributed by atoms with van der Waals surface area (Å²) in [7, 11) is 0. The number of hydrogen-bond donors (Lipinski definition) is 2. The largest absolute Gasteiger partial charge is 0.478 e. The van der Waals surface area contributed by atoms with Crippen LogP contribution in [0.3, 0.4) is 0 Å². The third-order valence-corrected chi connectivity index (χ3v) is 3.28. The molecule has 20 heavy (non-hydrogen) atoms. The molecule has 0 fully saturated rings. The maximum Gasteiger partial charge on any atom is 0.335 e. The molecular weight excluding hydrogens is 258 g/mol. The topological polar surface area (TPSA) is 98.2 Å². The maximum absolute atomic E-state index is 11.5. The molecular formula is C14H17N3O3. The lowest BCUT2D eigenvalue weighted by atomic mass is 10.2. The lowest BCUT2D eigenvalue weighted by Gasteiger charge is -2.16. The number of hydrogen-bond acceptors (Lipinski definition) is 3. The van der Waals surface area contributed by atoms with E-state index in [2.05, 4.69) is 4.98 Å². The Morgan fingerprint density at radius 2 is 1.95 bits per heavy atom. The fourth-order valence-electron chi connectivity index (χ4n) is 2.19. The number of aromatic nitrogens is 2. The van der Waals surface area contributed by atoms with Crippen LogP contribution in [0.1, 0.15) is 48.9 Å². The van der Waals surface area contributed by atoms with Crippen molar-refractivity contribution in [3.63, 3.8) is 0 Å². The molecule has 0 saturated carbocycles. The van der Waals surface area contributed by atoms with Crippen LogP contribution in [0.4, 0.5) is 0 Å². The van der Waals surface area contributed by atoms with Crippen LogP contribution in [0, 0.1) is 0 Å². The molecule has 1 amide bonds. The van der Waals surface area contributed by atoms with E-state index in [1.807, 2.05) is 13.8 Å². The van der Waals surface area contributed by atoms with Crippen LogP contribution in [0.15, 0.2) is 18.2 Å². The quantitative estimate of drug-likeness (QED) is 0.890. The Kier molecular flexibility index (Phi) is 3.48. The Morgan fingerprint density at radius 1 is 1.30 bits per heavy atom. The molecule has 1 unspecified atom stereocenters. The highest BCUT2D eigenvalue weighted by Crippen LogP contribution is 2.26. The second-order valence-corrected chi connectivity index (χ2v) is 5.08. The first-order chi connectivity index (χ1) is 9.32. The van der Waals surface area contributed by atoms with Crippen molar-refractivity contribution in [3.05, 3.63) is 29.6 Å². The van der Waals surface area contributed by atoms with Crippen molar-refractivity contribution in [3.8, 4) is 0 Å². The highest BCUT2D eigenvalue weighted by atomic mass is 16.4. The van der Waals surface area contributed by atoms with Gasteiger partial charge < -0.3 is 15.4 Å². The number of rotatable bonds is 4. The number of carboxylic acid groups (broad SMARTS) is 1. The summed E-state index contributed by atoms with van der Waals surface area (Å²) in [6.45, 7) is 5.63. The standard InChI is InChI=1S/C14H17N3O3/c1-7(2)13-16-10-6-9(14(19)20)4-5-11(10)17(13)8(3)12(15)18/h4-8H,1-3H3,(H2,15,18)(H,19,20). The van der Waals surface area contributed by atoms with Crippen molar-refractivity contribution < 1.29 is 14.7 Å². The van der Waals surface area contributed by atoms with Crippen LogP contribution < -0.4 is 5.73 Å². The van der Waals surface area contributed by atoms with Crippen LogP contribution in [-0.4, -0.2) is 26.5 Å². The second-order valence-electron chi connectivity index (χ2n) is 5.08. The Balaban J connectivity index is 2.73. The molecule has 6 heteroatoms. The Hall–Kier alpha value is -2.37. The van der Waals surface area contributed by atoms with Crippen molar-refractivity contribution in [1.29, 1.82) is 0 Å². The normalized spacial score (nSPS) is 12.8. The van der Waals surface area contributed by atoms with E-state index in [1.54, 1.807) is 17.6 Å². The number of primary amides is 1. The average Bonchev–Trinajstić information content (AvgIpc) is 2.75. The van der Waals surface area contributed by atoms with Crippen molar-refractivity contribution in [2.45, 2.75) is 32.7 Å². The first kappa shape index (κ1) is 14.0. The zero-order chi connectivity index (χ0) is 15.0. The summed E-state index contributed by atoms with van der Waals surface area (Å²) in [5, 5.41) is 9.02. The molecule has 2 aromatic rings. The van der Waals surface area contributed by atoms with Crippen LogP contribution in [0.5, 0.6) is 0 Å². The molecule has 1 atom stereocenters. The number of nitrogens with two attached hydrogens (primary N) is 1. The number of carbonyl (C=O) groups is 2. The molecule has 0 aliphatic rings. The van der Waals surface area contributed by atoms with E-state index in [0.717, 1.165) is 0 Å². The van der Waals surface area contributed by atoms with Crippen molar-refractivity contribution in [1.82, 2.24) is 9.55 Å². The number of fused-ring (bicyclic) bond motifs is 1. The minimum absolute atomic E-state index is 0.0949. The van der Waals surface area contributed by atoms with E-state index >= 15 is 0 Å². The van der Waals surface area contributed by atoms with Gasteiger partial charge in [-0.05, 0) is 25.1 Å². The summed E-state index contributed by atoms with van der Waals surface area (Å²) < 4.78 is 1.77. The summed E-state index contributed by atoms with van der Waals surface area (Å²) in [4.78, 5) is 26.9. The molecule has 3 N–H and O–H groups in total. The second kappa shape index (κ2) is 4.96. The number of carbonyl (C=O) groups excluding carboxylic acids is 1. The Bertz CT molecular complexity index is 688. The van der Waals surface area contributed by atoms with Gasteiger partial charge in [-0.3, -0.25) is 4.79 Å². The summed E-state index contributed by atoms with van der Waals surface area (Å²) >= 11 is 0. The van der Waals surface area contributed by atoms with Crippen molar-refractivity contribution >= 4 is 22.9 Å². The third kappa shape index (κ3) is 2.24. The van der Waals surface area contributed by atoms with Gasteiger partial charge in [0.2, 0.25) is 5.91 Å². The van der Waals surface area contributed by atoms with Crippen LogP contribution in [0.25, 0.3) is 11.0 Å². The van der Waals surface area contributed by atoms with Gasteiger partial charge in [0.05, 0.1) is 16.6 Å². The zero-order valence-electron chi connectivity index (χ0n) is 11.6. The molecule has 1 aromatic heterocycles. The van der Waals surface area contributed by atoms with Crippen molar-refractivity contribution in [2.75, 3.05) is 0 Å². The molecule has 0 aliphatic carbocycles. The fourth-order valence-corrected chi connectivity index (χ4v) is 2.19. The minimum Gasteiger partial charge on any atom is -0.478 e. The van der Waals surface area contributed by atoms with Crippen LogP contribution in [0.2, 0.25) is 0 Å². The number of nitrogens with zero attached hydrogens (tertiary/aromatic N) is 2. The number of benzene rings is 1. The molecule has 2 rings (SSSR count). The Labute approximate surface area is 116 Å². The third-order valence-electron chi connectivity index (χ3n) is 3.28. The van der Waals surface area contributed by atoms with E-state index in [4.69, 9.17) is 10.8 Å². The smallest absolute Gasteiger partial charge is 0.335 e.